The lowest BCUT2D eigenvalue weighted by molar-refractivity contribution is 0.795. The monoisotopic (exact) mass is 399 g/mol. The smallest absolute Gasteiger partial charge is 0.0675 e. The van der Waals surface area contributed by atoms with Crippen molar-refractivity contribution >= 4 is 18.8 Å². The second kappa shape index (κ2) is 10.1. The zero-order valence-corrected chi connectivity index (χ0v) is 19.6. The van der Waals surface area contributed by atoms with Crippen LogP contribution < -0.4 is 5.19 Å². The molecule has 0 unspecified atom stereocenters. The van der Waals surface area contributed by atoms with Crippen LogP contribution in [0.3, 0.4) is 0 Å². The molecule has 0 atom stereocenters. The lowest BCUT2D eigenvalue weighted by Gasteiger charge is -2.29. The Morgan fingerprint density at radius 3 is 1.86 bits per heavy atom. The maximum atomic E-state index is 3.43. The lowest BCUT2D eigenvalue weighted by Crippen LogP contribution is -2.45. The van der Waals surface area contributed by atoms with E-state index in [2.05, 4.69) is 94.5 Å². The van der Waals surface area contributed by atoms with Crippen molar-refractivity contribution < 1.29 is 0 Å². The van der Waals surface area contributed by atoms with Crippen molar-refractivity contribution in [3.8, 4) is 0 Å². The molecule has 29 heavy (non-hydrogen) atoms. The number of hydrogen-bond acceptors (Lipinski definition) is 0. The number of benzene rings is 2. The van der Waals surface area contributed by atoms with Crippen molar-refractivity contribution in [3.63, 3.8) is 0 Å². The molecule has 0 heterocycles. The molecule has 2 aromatic carbocycles. The van der Waals surface area contributed by atoms with Crippen molar-refractivity contribution in [2.24, 2.45) is 0 Å². The summed E-state index contributed by atoms with van der Waals surface area (Å²) in [5.41, 5.74) is 6.49. The molecule has 0 bridgehead atoms. The largest absolute Gasteiger partial charge is 0.0859 e. The van der Waals surface area contributed by atoms with E-state index in [-0.39, 0.29) is 0 Å². The van der Waals surface area contributed by atoms with Crippen LogP contribution in [0.1, 0.15) is 57.2 Å². The van der Waals surface area contributed by atoms with Crippen molar-refractivity contribution in [1.82, 2.24) is 0 Å². The molecule has 0 saturated carbocycles. The number of aryl methyl sites for hydroxylation is 1. The molecule has 2 aromatic rings. The van der Waals surface area contributed by atoms with Gasteiger partial charge in [0.1, 0.15) is 0 Å². The van der Waals surface area contributed by atoms with E-state index >= 15 is 0 Å². The molecule has 3 rings (SSSR count). The molecule has 0 N–H and O–H groups in total. The molecule has 0 fully saturated rings. The number of rotatable bonds is 9. The molecule has 1 aliphatic carbocycles. The van der Waals surface area contributed by atoms with E-state index in [1.54, 1.807) is 5.19 Å². The van der Waals surface area contributed by atoms with Gasteiger partial charge >= 0.3 is 0 Å². The summed E-state index contributed by atoms with van der Waals surface area (Å²) in [6.45, 7) is 9.39. The van der Waals surface area contributed by atoms with Crippen molar-refractivity contribution in [3.05, 3.63) is 95.1 Å². The molecule has 0 amide bonds. The Morgan fingerprint density at radius 1 is 0.793 bits per heavy atom. The fourth-order valence-electron chi connectivity index (χ4n) is 4.54. The van der Waals surface area contributed by atoms with Crippen LogP contribution >= 0.6 is 0 Å². The Hall–Kier alpha value is -2.12. The van der Waals surface area contributed by atoms with Gasteiger partial charge in [-0.3, -0.25) is 0 Å². The Balaban J connectivity index is 1.98. The highest BCUT2D eigenvalue weighted by molar-refractivity contribution is 6.91. The molecule has 0 aromatic heterocycles. The molecular weight excluding hydrogens is 364 g/mol. The van der Waals surface area contributed by atoms with Gasteiger partial charge in [-0.25, -0.2) is 0 Å². The van der Waals surface area contributed by atoms with E-state index in [0.29, 0.717) is 0 Å². The lowest BCUT2D eigenvalue weighted by atomic mass is 9.92. The molecule has 1 heteroatoms. The Bertz CT molecular complexity index is 853. The molecule has 0 saturated heterocycles. The van der Waals surface area contributed by atoms with Gasteiger partial charge in [-0.05, 0) is 46.8 Å². The highest BCUT2D eigenvalue weighted by atomic mass is 28.3. The average Bonchev–Trinajstić information content (AvgIpc) is 3.30. The van der Waals surface area contributed by atoms with Crippen LogP contribution in [0.25, 0.3) is 5.57 Å². The minimum absolute atomic E-state index is 1.17. The summed E-state index contributed by atoms with van der Waals surface area (Å²) in [6, 6.07) is 22.7. The summed E-state index contributed by atoms with van der Waals surface area (Å²) in [4.78, 5) is 0. The van der Waals surface area contributed by atoms with E-state index in [1.165, 1.54) is 65.2 Å². The normalized spacial score (nSPS) is 15.2. The van der Waals surface area contributed by atoms with E-state index in [4.69, 9.17) is 0 Å². The third-order valence-electron chi connectivity index (χ3n) is 6.75. The second-order valence-corrected chi connectivity index (χ2v) is 13.4. The molecule has 1 aliphatic rings. The Labute approximate surface area is 179 Å². The Morgan fingerprint density at radius 2 is 1.38 bits per heavy atom. The van der Waals surface area contributed by atoms with Gasteiger partial charge in [0.15, 0.2) is 0 Å². The van der Waals surface area contributed by atoms with Crippen LogP contribution in [0.15, 0.2) is 72.3 Å². The molecule has 0 aliphatic heterocycles. The number of allylic oxidation sites excluding steroid dienone is 5. The Kier molecular flexibility index (Phi) is 7.49. The minimum atomic E-state index is -1.33. The van der Waals surface area contributed by atoms with Crippen molar-refractivity contribution in [2.45, 2.75) is 65.1 Å². The summed E-state index contributed by atoms with van der Waals surface area (Å²) in [6.07, 6.45) is 13.4. The van der Waals surface area contributed by atoms with Gasteiger partial charge in [0.05, 0.1) is 8.07 Å². The minimum Gasteiger partial charge on any atom is -0.0675 e. The predicted octanol–water partition coefficient (Wildman–Crippen LogP) is 7.48. The molecular formula is C28H35Si. The summed E-state index contributed by atoms with van der Waals surface area (Å²) in [5.74, 6) is 0. The molecule has 1 radical (unpaired) electrons. The highest BCUT2D eigenvalue weighted by Gasteiger charge is 2.28. The molecule has 151 valence electrons. The summed E-state index contributed by atoms with van der Waals surface area (Å²) < 4.78 is 0. The number of hydrogen-bond donors (Lipinski definition) is 0. The van der Waals surface area contributed by atoms with Gasteiger partial charge in [-0.1, -0.05) is 124 Å². The van der Waals surface area contributed by atoms with Gasteiger partial charge in [0.25, 0.3) is 0 Å². The second-order valence-electron chi connectivity index (χ2n) is 8.18. The summed E-state index contributed by atoms with van der Waals surface area (Å²) in [5, 5.41) is 1.61. The van der Waals surface area contributed by atoms with E-state index in [1.807, 2.05) is 6.08 Å². The van der Waals surface area contributed by atoms with Gasteiger partial charge in [0.2, 0.25) is 0 Å². The predicted molar refractivity (Wildman–Crippen MR) is 131 cm³/mol. The average molecular weight is 400 g/mol. The topological polar surface area (TPSA) is 0 Å². The first-order valence-corrected chi connectivity index (χ1v) is 14.0. The van der Waals surface area contributed by atoms with E-state index in [9.17, 15) is 0 Å². The van der Waals surface area contributed by atoms with Gasteiger partial charge in [-0.15, -0.1) is 0 Å². The standard InChI is InChI=1S/C28H35Si/c1-5-9-12-23-15-17-25(18-16-23)28(24-13-10-11-14-24)26-19-21-27(22-20-26)29(6-2,7-3)8-4/h10-11,13,15-22H,5-9,12H2,1-4H3. The van der Waals surface area contributed by atoms with Gasteiger partial charge < -0.3 is 0 Å². The van der Waals surface area contributed by atoms with Crippen LogP contribution in [0.5, 0.6) is 0 Å². The van der Waals surface area contributed by atoms with Gasteiger partial charge in [-0.2, -0.15) is 0 Å². The zero-order valence-electron chi connectivity index (χ0n) is 18.6. The quantitative estimate of drug-likeness (QED) is 0.383. The van der Waals surface area contributed by atoms with Crippen molar-refractivity contribution in [1.29, 1.82) is 0 Å². The van der Waals surface area contributed by atoms with Crippen LogP contribution in [-0.2, 0) is 6.42 Å². The highest BCUT2D eigenvalue weighted by Crippen LogP contribution is 2.30. The summed E-state index contributed by atoms with van der Waals surface area (Å²) >= 11 is 0. The molecule has 0 nitrogen and oxygen atoms in total. The van der Waals surface area contributed by atoms with Crippen molar-refractivity contribution in [2.75, 3.05) is 0 Å². The van der Waals surface area contributed by atoms with Crippen LogP contribution in [0.2, 0.25) is 18.1 Å². The fraction of sp³-hybridized carbons (Fsp3) is 0.357. The third kappa shape index (κ3) is 4.73. The summed E-state index contributed by atoms with van der Waals surface area (Å²) in [7, 11) is -1.33. The van der Waals surface area contributed by atoms with Crippen LogP contribution in [0.4, 0.5) is 0 Å². The van der Waals surface area contributed by atoms with Crippen LogP contribution in [-0.4, -0.2) is 8.07 Å². The SMILES string of the molecule is CCCCc1ccc(C(=C2[C]=CC=C2)c2ccc([Si](CC)(CC)CC)cc2)cc1. The zero-order chi connectivity index (χ0) is 20.7. The number of unbranched alkanes of at least 4 members (excludes halogenated alkanes) is 1. The maximum absolute atomic E-state index is 3.43. The molecule has 0 spiro atoms. The fourth-order valence-corrected chi connectivity index (χ4v) is 8.13. The first kappa shape index (κ1) is 21.6. The third-order valence-corrected chi connectivity index (χ3v) is 12.4. The van der Waals surface area contributed by atoms with Gasteiger partial charge in [0, 0.05) is 0 Å². The first-order chi connectivity index (χ1) is 14.2. The first-order valence-electron chi connectivity index (χ1n) is 11.4. The van der Waals surface area contributed by atoms with Crippen LogP contribution in [0, 0.1) is 6.08 Å². The van der Waals surface area contributed by atoms with E-state index in [0.717, 1.165) is 0 Å². The van der Waals surface area contributed by atoms with E-state index < -0.39 is 8.07 Å². The maximum Gasteiger partial charge on any atom is 0.0859 e.